The molecule has 0 unspecified atom stereocenters. The molecule has 71 heavy (non-hydrogen) atoms. The highest BCUT2D eigenvalue weighted by Crippen LogP contribution is 2.57. The number of hydrogen-bond acceptors (Lipinski definition) is 2. The van der Waals surface area contributed by atoms with Crippen LogP contribution in [-0.4, -0.2) is 31.4 Å². The van der Waals surface area contributed by atoms with Gasteiger partial charge in [0.25, 0.3) is 0 Å². The maximum absolute atomic E-state index is 7.41. The third-order valence-electron chi connectivity index (χ3n) is 14.6. The van der Waals surface area contributed by atoms with E-state index < -0.39 is 5.41 Å². The first kappa shape index (κ1) is 42.6. The van der Waals surface area contributed by atoms with Gasteiger partial charge in [-0.2, -0.15) is 0 Å². The lowest BCUT2D eigenvalue weighted by Gasteiger charge is -2.36. The van der Waals surface area contributed by atoms with Gasteiger partial charge in [0.2, 0.25) is 0 Å². The fourth-order valence-corrected chi connectivity index (χ4v) is 11.4. The van der Waals surface area contributed by atoms with Crippen molar-refractivity contribution in [3.63, 3.8) is 0 Å². The molecule has 1 aliphatic carbocycles. The Morgan fingerprint density at radius 1 is 0.366 bits per heavy atom. The van der Waals surface area contributed by atoms with E-state index in [1.807, 2.05) is 36.4 Å². The van der Waals surface area contributed by atoms with Crippen LogP contribution in [0.4, 0.5) is 17.1 Å². The van der Waals surface area contributed by atoms with Crippen LogP contribution in [0.3, 0.4) is 0 Å². The number of anilines is 3. The quantitative estimate of drug-likeness (QED) is 0.141. The smallest absolute Gasteiger partial charge is 0.143 e. The van der Waals surface area contributed by atoms with Gasteiger partial charge in [0.05, 0.1) is 5.41 Å². The lowest BCUT2D eigenvalue weighted by molar-refractivity contribution is 0.673. The molecule has 11 aromatic carbocycles. The van der Waals surface area contributed by atoms with Crippen molar-refractivity contribution in [2.45, 2.75) is 5.41 Å². The molecule has 1 aromatic heterocycles. The predicted octanol–water partition coefficient (Wildman–Crippen LogP) is 12.7. The summed E-state index contributed by atoms with van der Waals surface area (Å²) in [5.74, 6) is 0. The Morgan fingerprint density at radius 3 is 1.66 bits per heavy atom. The summed E-state index contributed by atoms with van der Waals surface area (Å²) in [5.41, 5.74) is 17.1. The van der Waals surface area contributed by atoms with Crippen LogP contribution in [0.2, 0.25) is 0 Å². The first-order chi connectivity index (χ1) is 34.9. The van der Waals surface area contributed by atoms with E-state index in [0.29, 0.717) is 33.1 Å². The van der Waals surface area contributed by atoms with Gasteiger partial charge >= 0.3 is 0 Å². The van der Waals surface area contributed by atoms with E-state index in [9.17, 15) is 0 Å². The molecule has 0 amide bonds. The number of benzene rings is 11. The largest absolute Gasteiger partial charge is 0.455 e. The molecule has 8 radical (unpaired) electrons. The van der Waals surface area contributed by atoms with Crippen molar-refractivity contribution in [2.24, 2.45) is 0 Å². The van der Waals surface area contributed by atoms with Gasteiger partial charge in [-0.25, -0.2) is 0 Å². The highest BCUT2D eigenvalue weighted by atomic mass is 16.3. The highest BCUT2D eigenvalue weighted by molar-refractivity contribution is 6.63. The van der Waals surface area contributed by atoms with Crippen molar-refractivity contribution in [3.05, 3.63) is 259 Å². The summed E-state index contributed by atoms with van der Waals surface area (Å²) in [6.45, 7) is 0. The first-order valence-electron chi connectivity index (χ1n) is 23.9. The van der Waals surface area contributed by atoms with Crippen molar-refractivity contribution in [1.82, 2.24) is 0 Å². The third-order valence-corrected chi connectivity index (χ3v) is 14.6. The normalized spacial score (nSPS) is 12.6. The van der Waals surface area contributed by atoms with E-state index in [4.69, 9.17) is 35.8 Å². The van der Waals surface area contributed by atoms with E-state index >= 15 is 0 Å². The van der Waals surface area contributed by atoms with Crippen LogP contribution >= 0.6 is 0 Å². The molecule has 6 heteroatoms. The van der Waals surface area contributed by atoms with E-state index in [1.54, 1.807) is 0 Å². The van der Waals surface area contributed by atoms with Crippen LogP contribution in [0.15, 0.2) is 241 Å². The monoisotopic (exact) mass is 893 g/mol. The van der Waals surface area contributed by atoms with Crippen LogP contribution in [0, 0.1) is 0 Å². The van der Waals surface area contributed by atoms with E-state index in [1.165, 1.54) is 11.1 Å². The maximum atomic E-state index is 7.41. The molecular weight excluding hydrogens is 854 g/mol. The molecule has 1 heterocycles. The second-order valence-corrected chi connectivity index (χ2v) is 18.4. The summed E-state index contributed by atoms with van der Waals surface area (Å²) in [6, 6.07) is 82.9. The summed E-state index contributed by atoms with van der Waals surface area (Å²) in [5, 5.41) is 4.29. The third kappa shape index (κ3) is 6.62. The molecule has 322 valence electrons. The average Bonchev–Trinajstić information content (AvgIpc) is 3.97. The summed E-state index contributed by atoms with van der Waals surface area (Å²) in [4.78, 5) is 2.13. The molecule has 0 bridgehead atoms. The topological polar surface area (TPSA) is 16.4 Å². The standard InChI is InChI=1S/C65H39B4NO/c66-59-57(43-32-30-41(31-33-43)40-16-4-1-5-17-40)60(67)62(69)63(61(59)68)70(47-24-14-19-44(38-47)49-27-15-29-56-58(49)53-36-34-42-18-10-11-25-50(42)64(53)71-56)48-35-37-52-51-26-12-13-28-54(51)65(55(52)39-48,45-20-6-2-7-21-45)46-22-8-3-9-23-46/h1-39H. The summed E-state index contributed by atoms with van der Waals surface area (Å²) in [6.07, 6.45) is 0. The maximum Gasteiger partial charge on any atom is 0.143 e. The molecular formula is C65H39B4NO. The molecule has 0 aliphatic heterocycles. The van der Waals surface area contributed by atoms with E-state index in [2.05, 4.69) is 205 Å². The number of fused-ring (bicyclic) bond motifs is 8. The SMILES string of the molecule is [B]c1c([B])c(N(c2cccc(-c3cccc4oc5c6ccccc6ccc5c34)c2)c2ccc3c(c2)C(c2ccccc2)(c2ccccc2)c2ccccc2-3)c([B])c([B])c1-c1ccc(-c2ccccc2)cc1. The van der Waals surface area contributed by atoms with E-state index in [-0.39, 0.29) is 0 Å². The van der Waals surface area contributed by atoms with Gasteiger partial charge in [0.1, 0.15) is 42.6 Å². The van der Waals surface area contributed by atoms with Gasteiger partial charge < -0.3 is 9.32 Å². The fraction of sp³-hybridized carbons (Fsp3) is 0.0154. The van der Waals surface area contributed by atoms with Crippen LogP contribution < -0.4 is 26.8 Å². The van der Waals surface area contributed by atoms with E-state index in [0.717, 1.165) is 94.2 Å². The molecule has 12 aromatic rings. The molecule has 0 spiro atoms. The zero-order valence-corrected chi connectivity index (χ0v) is 38.7. The Kier molecular flexibility index (Phi) is 10.1. The van der Waals surface area contributed by atoms with Gasteiger partial charge in [0.15, 0.2) is 0 Å². The molecule has 2 nitrogen and oxygen atoms in total. The van der Waals surface area contributed by atoms with Crippen molar-refractivity contribution in [3.8, 4) is 44.5 Å². The summed E-state index contributed by atoms with van der Waals surface area (Å²) < 4.78 is 6.67. The average molecular weight is 893 g/mol. The molecule has 13 rings (SSSR count). The highest BCUT2D eigenvalue weighted by Gasteiger charge is 2.46. The zero-order valence-electron chi connectivity index (χ0n) is 38.7. The Balaban J connectivity index is 1.05. The first-order valence-corrected chi connectivity index (χ1v) is 23.9. The molecule has 0 N–H and O–H groups in total. The van der Waals surface area contributed by atoms with Crippen LogP contribution in [0.5, 0.6) is 0 Å². The lowest BCUT2D eigenvalue weighted by Crippen LogP contribution is -2.46. The molecule has 0 saturated carbocycles. The van der Waals surface area contributed by atoms with Crippen molar-refractivity contribution >= 4 is 103 Å². The van der Waals surface area contributed by atoms with Crippen LogP contribution in [0.25, 0.3) is 77.2 Å². The van der Waals surface area contributed by atoms with Gasteiger partial charge in [0, 0.05) is 33.2 Å². The van der Waals surface area contributed by atoms with Gasteiger partial charge in [-0.3, -0.25) is 0 Å². The van der Waals surface area contributed by atoms with Crippen LogP contribution in [0.1, 0.15) is 22.3 Å². The molecule has 0 saturated heterocycles. The Labute approximate surface area is 418 Å². The Morgan fingerprint density at radius 2 is 0.930 bits per heavy atom. The number of hydrogen-bond donors (Lipinski definition) is 0. The number of rotatable bonds is 8. The summed E-state index contributed by atoms with van der Waals surface area (Å²) in [7, 11) is 29.3. The van der Waals surface area contributed by atoms with Crippen molar-refractivity contribution in [2.75, 3.05) is 4.90 Å². The second-order valence-electron chi connectivity index (χ2n) is 18.4. The minimum Gasteiger partial charge on any atom is -0.455 e. The van der Waals surface area contributed by atoms with Crippen LogP contribution in [-0.2, 0) is 5.41 Å². The lowest BCUT2D eigenvalue weighted by atomic mass is 9.64. The van der Waals surface area contributed by atoms with Crippen molar-refractivity contribution in [1.29, 1.82) is 0 Å². The van der Waals surface area contributed by atoms with Gasteiger partial charge in [-0.05, 0) is 109 Å². The van der Waals surface area contributed by atoms with Gasteiger partial charge in [-0.15, -0.1) is 0 Å². The number of nitrogens with zero attached hydrogens (tertiary/aromatic N) is 1. The molecule has 1 aliphatic rings. The zero-order chi connectivity index (χ0) is 47.8. The Bertz CT molecular complexity index is 3970. The molecule has 0 fully saturated rings. The fourth-order valence-electron chi connectivity index (χ4n) is 11.4. The minimum atomic E-state index is -0.662. The second kappa shape index (κ2) is 16.9. The summed E-state index contributed by atoms with van der Waals surface area (Å²) >= 11 is 0. The van der Waals surface area contributed by atoms with Crippen molar-refractivity contribution < 1.29 is 4.42 Å². The molecule has 0 atom stereocenters. The number of furan rings is 1. The predicted molar refractivity (Wildman–Crippen MR) is 301 cm³/mol. The Hall–Kier alpha value is -8.46. The minimum absolute atomic E-state index is 0.320. The van der Waals surface area contributed by atoms with Gasteiger partial charge in [-0.1, -0.05) is 222 Å².